The first-order valence-corrected chi connectivity index (χ1v) is 4.79. The van der Waals surface area contributed by atoms with Crippen molar-refractivity contribution in [2.24, 2.45) is 11.7 Å². The van der Waals surface area contributed by atoms with Gasteiger partial charge in [0.15, 0.2) is 0 Å². The summed E-state index contributed by atoms with van der Waals surface area (Å²) in [4.78, 5) is 0. The number of hydrogen-bond acceptors (Lipinski definition) is 2. The third kappa shape index (κ3) is 2.18. The highest BCUT2D eigenvalue weighted by atomic mass is 32.2. The largest absolute Gasteiger partial charge is 0.328 e. The van der Waals surface area contributed by atoms with Gasteiger partial charge in [-0.25, -0.2) is 0 Å². The lowest BCUT2D eigenvalue weighted by Gasteiger charge is -2.24. The molecule has 2 heteroatoms. The summed E-state index contributed by atoms with van der Waals surface area (Å²) in [6.07, 6.45) is 2.67. The Bertz CT molecular complexity index is 77.0. The van der Waals surface area contributed by atoms with Crippen molar-refractivity contribution >= 4 is 11.8 Å². The van der Waals surface area contributed by atoms with Gasteiger partial charge in [0.05, 0.1) is 0 Å². The van der Waals surface area contributed by atoms with Crippen LogP contribution in [0.25, 0.3) is 0 Å². The molecule has 1 nitrogen and oxygen atoms in total. The molecule has 0 spiro atoms. The molecule has 1 saturated heterocycles. The van der Waals surface area contributed by atoms with Crippen LogP contribution in [0.1, 0.15) is 19.8 Å². The summed E-state index contributed by atoms with van der Waals surface area (Å²) in [6.45, 7) is 2.13. The third-order valence-corrected chi connectivity index (χ3v) is 3.06. The molecular formula is C7H15NS. The maximum atomic E-state index is 5.76. The van der Waals surface area contributed by atoms with Crippen molar-refractivity contribution in [2.75, 3.05) is 11.5 Å². The van der Waals surface area contributed by atoms with Gasteiger partial charge in [0, 0.05) is 6.04 Å². The van der Waals surface area contributed by atoms with Crippen LogP contribution < -0.4 is 5.73 Å². The average molecular weight is 145 g/mol. The van der Waals surface area contributed by atoms with Gasteiger partial charge in [-0.05, 0) is 37.2 Å². The predicted molar refractivity (Wildman–Crippen MR) is 43.7 cm³/mol. The quantitative estimate of drug-likeness (QED) is 0.605. The summed E-state index contributed by atoms with van der Waals surface area (Å²) >= 11 is 2.06. The average Bonchev–Trinajstić information content (AvgIpc) is 1.90. The van der Waals surface area contributed by atoms with Crippen molar-refractivity contribution in [3.63, 3.8) is 0 Å². The Morgan fingerprint density at radius 2 is 2.00 bits per heavy atom. The lowest BCUT2D eigenvalue weighted by Crippen LogP contribution is -2.29. The maximum Gasteiger partial charge on any atom is 0.00393 e. The predicted octanol–water partition coefficient (Wildman–Crippen LogP) is 1.48. The van der Waals surface area contributed by atoms with Crippen LogP contribution in [0.5, 0.6) is 0 Å². The van der Waals surface area contributed by atoms with E-state index in [1.807, 2.05) is 0 Å². The molecule has 1 fully saturated rings. The number of rotatable bonds is 1. The van der Waals surface area contributed by atoms with E-state index < -0.39 is 0 Å². The maximum absolute atomic E-state index is 5.76. The first kappa shape index (κ1) is 7.42. The lowest BCUT2D eigenvalue weighted by molar-refractivity contribution is 0.415. The van der Waals surface area contributed by atoms with Crippen molar-refractivity contribution < 1.29 is 0 Å². The monoisotopic (exact) mass is 145 g/mol. The Morgan fingerprint density at radius 3 is 2.33 bits per heavy atom. The zero-order valence-corrected chi connectivity index (χ0v) is 6.79. The van der Waals surface area contributed by atoms with Crippen molar-refractivity contribution in [1.82, 2.24) is 0 Å². The molecule has 0 radical (unpaired) electrons. The summed E-state index contributed by atoms with van der Waals surface area (Å²) in [7, 11) is 0. The van der Waals surface area contributed by atoms with E-state index in [4.69, 9.17) is 5.73 Å². The highest BCUT2D eigenvalue weighted by molar-refractivity contribution is 7.99. The second-order valence-electron chi connectivity index (χ2n) is 2.81. The van der Waals surface area contributed by atoms with Gasteiger partial charge in [-0.15, -0.1) is 0 Å². The number of hydrogen-bond donors (Lipinski definition) is 1. The fourth-order valence-electron chi connectivity index (χ4n) is 1.24. The molecule has 0 unspecified atom stereocenters. The minimum absolute atomic E-state index is 0.422. The van der Waals surface area contributed by atoms with Crippen molar-refractivity contribution in [3.05, 3.63) is 0 Å². The van der Waals surface area contributed by atoms with Crippen molar-refractivity contribution in [2.45, 2.75) is 25.8 Å². The Labute approximate surface area is 61.4 Å². The zero-order valence-electron chi connectivity index (χ0n) is 5.97. The van der Waals surface area contributed by atoms with Crippen LogP contribution in [0.2, 0.25) is 0 Å². The van der Waals surface area contributed by atoms with E-state index in [0.29, 0.717) is 6.04 Å². The molecule has 0 amide bonds. The van der Waals surface area contributed by atoms with Gasteiger partial charge in [0.25, 0.3) is 0 Å². The van der Waals surface area contributed by atoms with E-state index in [0.717, 1.165) is 5.92 Å². The molecule has 1 atom stereocenters. The van der Waals surface area contributed by atoms with Gasteiger partial charge in [0.1, 0.15) is 0 Å². The summed E-state index contributed by atoms with van der Waals surface area (Å²) in [6, 6.07) is 0.422. The summed E-state index contributed by atoms with van der Waals surface area (Å²) < 4.78 is 0. The second-order valence-corrected chi connectivity index (χ2v) is 4.03. The molecule has 54 valence electrons. The van der Waals surface area contributed by atoms with E-state index in [9.17, 15) is 0 Å². The number of nitrogens with two attached hydrogens (primary N) is 1. The standard InChI is InChI=1S/C7H15NS/c1-6(8)7-2-4-9-5-3-7/h6-7H,2-5,8H2,1H3/t6-/m0/s1. The molecule has 2 N–H and O–H groups in total. The van der Waals surface area contributed by atoms with Crippen molar-refractivity contribution in [1.29, 1.82) is 0 Å². The van der Waals surface area contributed by atoms with E-state index in [1.165, 1.54) is 24.3 Å². The van der Waals surface area contributed by atoms with Gasteiger partial charge < -0.3 is 5.73 Å². The fraction of sp³-hybridized carbons (Fsp3) is 1.00. The molecular weight excluding hydrogens is 130 g/mol. The Hall–Kier alpha value is 0.310. The fourth-order valence-corrected chi connectivity index (χ4v) is 2.38. The first-order chi connectivity index (χ1) is 4.30. The molecule has 0 aliphatic carbocycles. The molecule has 1 aliphatic heterocycles. The molecule has 9 heavy (non-hydrogen) atoms. The second kappa shape index (κ2) is 3.47. The normalized spacial score (nSPS) is 26.0. The molecule has 1 rings (SSSR count). The van der Waals surface area contributed by atoms with Crippen molar-refractivity contribution in [3.8, 4) is 0 Å². The third-order valence-electron chi connectivity index (χ3n) is 2.01. The van der Waals surface area contributed by atoms with Crippen LogP contribution in [-0.2, 0) is 0 Å². The van der Waals surface area contributed by atoms with Gasteiger partial charge >= 0.3 is 0 Å². The minimum Gasteiger partial charge on any atom is -0.328 e. The lowest BCUT2D eigenvalue weighted by atomic mass is 9.96. The van der Waals surface area contributed by atoms with Crippen LogP contribution >= 0.6 is 11.8 Å². The molecule has 1 heterocycles. The molecule has 0 aromatic heterocycles. The van der Waals surface area contributed by atoms with Gasteiger partial charge in [-0.1, -0.05) is 0 Å². The van der Waals surface area contributed by atoms with E-state index in [-0.39, 0.29) is 0 Å². The summed E-state index contributed by atoms with van der Waals surface area (Å²) in [5.74, 6) is 3.46. The van der Waals surface area contributed by atoms with E-state index in [1.54, 1.807) is 0 Å². The highest BCUT2D eigenvalue weighted by Crippen LogP contribution is 2.24. The topological polar surface area (TPSA) is 26.0 Å². The Balaban J connectivity index is 2.23. The summed E-state index contributed by atoms with van der Waals surface area (Å²) in [5, 5.41) is 0. The van der Waals surface area contributed by atoms with Crippen LogP contribution in [-0.4, -0.2) is 17.5 Å². The molecule has 0 aromatic rings. The zero-order chi connectivity index (χ0) is 6.69. The van der Waals surface area contributed by atoms with Gasteiger partial charge in [-0.2, -0.15) is 11.8 Å². The molecule has 0 saturated carbocycles. The van der Waals surface area contributed by atoms with Crippen LogP contribution in [0.4, 0.5) is 0 Å². The smallest absolute Gasteiger partial charge is 0.00393 e. The van der Waals surface area contributed by atoms with Gasteiger partial charge in [0.2, 0.25) is 0 Å². The Morgan fingerprint density at radius 1 is 1.44 bits per heavy atom. The van der Waals surface area contributed by atoms with Crippen LogP contribution in [0.15, 0.2) is 0 Å². The van der Waals surface area contributed by atoms with E-state index in [2.05, 4.69) is 18.7 Å². The summed E-state index contributed by atoms with van der Waals surface area (Å²) in [5.41, 5.74) is 5.76. The highest BCUT2D eigenvalue weighted by Gasteiger charge is 2.16. The SMILES string of the molecule is C[C@H](N)C1CCSCC1. The van der Waals surface area contributed by atoms with Crippen LogP contribution in [0.3, 0.4) is 0 Å². The minimum atomic E-state index is 0.422. The van der Waals surface area contributed by atoms with Gasteiger partial charge in [-0.3, -0.25) is 0 Å². The van der Waals surface area contributed by atoms with E-state index >= 15 is 0 Å². The molecule has 0 aromatic carbocycles. The number of thioether (sulfide) groups is 1. The van der Waals surface area contributed by atoms with Crippen LogP contribution in [0, 0.1) is 5.92 Å². The Kier molecular flexibility index (Phi) is 2.86. The first-order valence-electron chi connectivity index (χ1n) is 3.64. The molecule has 1 aliphatic rings. The molecule has 0 bridgehead atoms.